The molecular formula is C38H56O4. The Hall–Kier alpha value is -2.62. The van der Waals surface area contributed by atoms with E-state index in [-0.39, 0.29) is 11.6 Å². The Labute approximate surface area is 256 Å². The molecule has 232 valence electrons. The molecule has 42 heavy (non-hydrogen) atoms. The molecule has 0 unspecified atom stereocenters. The summed E-state index contributed by atoms with van der Waals surface area (Å²) >= 11 is 0. The molecule has 0 amide bonds. The minimum absolute atomic E-state index is 0.131. The molecule has 0 aliphatic heterocycles. The molecule has 0 bridgehead atoms. The van der Waals surface area contributed by atoms with Crippen molar-refractivity contribution in [1.82, 2.24) is 0 Å². The van der Waals surface area contributed by atoms with Crippen LogP contribution in [0.3, 0.4) is 0 Å². The molecule has 0 atom stereocenters. The van der Waals surface area contributed by atoms with Crippen molar-refractivity contribution in [2.75, 3.05) is 13.2 Å². The third-order valence-electron chi connectivity index (χ3n) is 8.51. The smallest absolute Gasteiger partial charge is 0.201 e. The second-order valence-electron chi connectivity index (χ2n) is 12.1. The van der Waals surface area contributed by atoms with Crippen molar-refractivity contribution >= 4 is 11.6 Å². The number of carbonyl (C=O) groups is 2. The standard InChI is InChI=1S/C38H56O4/c1-3-5-7-9-11-13-15-17-19-21-29-41-33-27-23-25-31-35(33)38(40)36-32(37(31)39)26-24-28-34(36)42-30-22-20-18-16-14-12-10-8-6-4-2/h23-28H,3-22,29-30H2,1-2H3. The van der Waals surface area contributed by atoms with Crippen LogP contribution in [0.25, 0.3) is 0 Å². The van der Waals surface area contributed by atoms with E-state index in [4.69, 9.17) is 9.47 Å². The van der Waals surface area contributed by atoms with Crippen LogP contribution in [0.4, 0.5) is 0 Å². The molecule has 2 aromatic carbocycles. The third-order valence-corrected chi connectivity index (χ3v) is 8.51. The van der Waals surface area contributed by atoms with Gasteiger partial charge in [0.1, 0.15) is 11.5 Å². The van der Waals surface area contributed by atoms with Crippen molar-refractivity contribution in [3.63, 3.8) is 0 Å². The third kappa shape index (κ3) is 10.9. The monoisotopic (exact) mass is 576 g/mol. The van der Waals surface area contributed by atoms with Gasteiger partial charge in [-0.05, 0) is 25.0 Å². The Morgan fingerprint density at radius 3 is 1.12 bits per heavy atom. The Morgan fingerprint density at radius 1 is 0.429 bits per heavy atom. The SMILES string of the molecule is CCCCCCCCCCCCOc1cccc2c1C(=O)c1c(OCCCCCCCCCCCC)cccc1C2=O. The molecule has 3 rings (SSSR count). The predicted molar refractivity (Wildman–Crippen MR) is 174 cm³/mol. The topological polar surface area (TPSA) is 52.6 Å². The van der Waals surface area contributed by atoms with Crippen LogP contribution in [0.2, 0.25) is 0 Å². The zero-order chi connectivity index (χ0) is 29.8. The van der Waals surface area contributed by atoms with E-state index in [9.17, 15) is 9.59 Å². The number of hydrogen-bond donors (Lipinski definition) is 0. The van der Waals surface area contributed by atoms with Crippen molar-refractivity contribution in [3.8, 4) is 11.5 Å². The van der Waals surface area contributed by atoms with E-state index < -0.39 is 0 Å². The van der Waals surface area contributed by atoms with Gasteiger partial charge in [-0.3, -0.25) is 9.59 Å². The Kier molecular flexibility index (Phi) is 16.4. The van der Waals surface area contributed by atoms with Gasteiger partial charge in [-0.2, -0.15) is 0 Å². The van der Waals surface area contributed by atoms with Crippen LogP contribution >= 0.6 is 0 Å². The molecule has 4 nitrogen and oxygen atoms in total. The summed E-state index contributed by atoms with van der Waals surface area (Å²) in [6, 6.07) is 10.7. The summed E-state index contributed by atoms with van der Waals surface area (Å²) in [5.41, 5.74) is 1.63. The molecule has 0 saturated carbocycles. The first-order valence-electron chi connectivity index (χ1n) is 17.3. The Balaban J connectivity index is 1.45. The molecule has 0 aromatic heterocycles. The number of ketones is 2. The van der Waals surface area contributed by atoms with Crippen molar-refractivity contribution in [1.29, 1.82) is 0 Å². The molecule has 0 N–H and O–H groups in total. The lowest BCUT2D eigenvalue weighted by Crippen LogP contribution is -2.23. The Morgan fingerprint density at radius 2 is 0.762 bits per heavy atom. The molecule has 2 aromatic rings. The van der Waals surface area contributed by atoms with Crippen molar-refractivity contribution in [2.45, 2.75) is 142 Å². The lowest BCUT2D eigenvalue weighted by atomic mass is 9.83. The van der Waals surface area contributed by atoms with E-state index in [2.05, 4.69) is 13.8 Å². The fraction of sp³-hybridized carbons (Fsp3) is 0.632. The summed E-state index contributed by atoms with van der Waals surface area (Å²) in [4.78, 5) is 27.2. The van der Waals surface area contributed by atoms with Gasteiger partial charge in [0.05, 0.1) is 24.3 Å². The number of unbranched alkanes of at least 4 members (excludes halogenated alkanes) is 18. The van der Waals surface area contributed by atoms with Crippen LogP contribution in [0.1, 0.15) is 174 Å². The fourth-order valence-electron chi connectivity index (χ4n) is 5.96. The van der Waals surface area contributed by atoms with Crippen molar-refractivity contribution < 1.29 is 19.1 Å². The summed E-state index contributed by atoms with van der Waals surface area (Å²) < 4.78 is 12.2. The maximum Gasteiger partial charge on any atom is 0.201 e. The van der Waals surface area contributed by atoms with Crippen LogP contribution in [-0.4, -0.2) is 24.8 Å². The average molecular weight is 577 g/mol. The van der Waals surface area contributed by atoms with Crippen LogP contribution in [-0.2, 0) is 0 Å². The van der Waals surface area contributed by atoms with E-state index >= 15 is 0 Å². The lowest BCUT2D eigenvalue weighted by molar-refractivity contribution is 0.0972. The molecule has 0 saturated heterocycles. The number of benzene rings is 2. The largest absolute Gasteiger partial charge is 0.493 e. The van der Waals surface area contributed by atoms with Gasteiger partial charge in [-0.25, -0.2) is 0 Å². The summed E-state index contributed by atoms with van der Waals surface area (Å²) in [5, 5.41) is 0. The van der Waals surface area contributed by atoms with E-state index in [1.807, 2.05) is 24.3 Å². The molecule has 1 aliphatic carbocycles. The summed E-state index contributed by atoms with van der Waals surface area (Å²) in [7, 11) is 0. The van der Waals surface area contributed by atoms with Gasteiger partial charge in [0.15, 0.2) is 5.78 Å². The maximum atomic E-state index is 13.8. The van der Waals surface area contributed by atoms with Gasteiger partial charge in [0.25, 0.3) is 0 Å². The second-order valence-corrected chi connectivity index (χ2v) is 12.1. The van der Waals surface area contributed by atoms with Crippen LogP contribution in [0.15, 0.2) is 36.4 Å². The molecule has 1 aliphatic rings. The first-order chi connectivity index (χ1) is 20.7. The molecule has 0 radical (unpaired) electrons. The highest BCUT2D eigenvalue weighted by atomic mass is 16.5. The normalized spacial score (nSPS) is 12.3. The van der Waals surface area contributed by atoms with Crippen molar-refractivity contribution in [3.05, 3.63) is 58.7 Å². The van der Waals surface area contributed by atoms with Gasteiger partial charge in [-0.1, -0.05) is 154 Å². The quantitative estimate of drug-likeness (QED) is 0.0995. The Bertz CT molecular complexity index is 991. The van der Waals surface area contributed by atoms with Crippen LogP contribution in [0, 0.1) is 0 Å². The fourth-order valence-corrected chi connectivity index (χ4v) is 5.96. The van der Waals surface area contributed by atoms with E-state index in [1.54, 1.807) is 12.1 Å². The van der Waals surface area contributed by atoms with Gasteiger partial charge in [0.2, 0.25) is 5.78 Å². The highest BCUT2D eigenvalue weighted by molar-refractivity contribution is 6.30. The average Bonchev–Trinajstić information content (AvgIpc) is 3.01. The number of ether oxygens (including phenoxy) is 2. The first-order valence-corrected chi connectivity index (χ1v) is 17.3. The van der Waals surface area contributed by atoms with Crippen LogP contribution in [0.5, 0.6) is 11.5 Å². The molecular weight excluding hydrogens is 520 g/mol. The number of rotatable bonds is 24. The predicted octanol–water partition coefficient (Wildman–Crippen LogP) is 11.1. The molecule has 0 spiro atoms. The first kappa shape index (κ1) is 33.9. The zero-order valence-electron chi connectivity index (χ0n) is 26.7. The number of carbonyl (C=O) groups excluding carboxylic acids is 2. The molecule has 0 fully saturated rings. The van der Waals surface area contributed by atoms with E-state index in [0.717, 1.165) is 25.7 Å². The van der Waals surface area contributed by atoms with Crippen molar-refractivity contribution in [2.24, 2.45) is 0 Å². The van der Waals surface area contributed by atoms with E-state index in [0.29, 0.717) is 47.0 Å². The van der Waals surface area contributed by atoms with Gasteiger partial charge in [-0.15, -0.1) is 0 Å². The molecule has 0 heterocycles. The van der Waals surface area contributed by atoms with Gasteiger partial charge < -0.3 is 9.47 Å². The van der Waals surface area contributed by atoms with Crippen LogP contribution < -0.4 is 9.47 Å². The minimum Gasteiger partial charge on any atom is -0.493 e. The highest BCUT2D eigenvalue weighted by Crippen LogP contribution is 2.37. The summed E-state index contributed by atoms with van der Waals surface area (Å²) in [6.07, 6.45) is 25.2. The lowest BCUT2D eigenvalue weighted by Gasteiger charge is -2.22. The number of hydrogen-bond acceptors (Lipinski definition) is 4. The number of fused-ring (bicyclic) bond motifs is 2. The van der Waals surface area contributed by atoms with E-state index in [1.165, 1.54) is 103 Å². The summed E-state index contributed by atoms with van der Waals surface area (Å²) in [6.45, 7) is 5.62. The molecule has 4 heteroatoms. The zero-order valence-corrected chi connectivity index (χ0v) is 26.7. The minimum atomic E-state index is -0.169. The van der Waals surface area contributed by atoms with Gasteiger partial charge >= 0.3 is 0 Å². The maximum absolute atomic E-state index is 13.8. The summed E-state index contributed by atoms with van der Waals surface area (Å²) in [5.74, 6) is 0.721. The van der Waals surface area contributed by atoms with Gasteiger partial charge in [0, 0.05) is 11.1 Å². The second kappa shape index (κ2) is 20.3. The highest BCUT2D eigenvalue weighted by Gasteiger charge is 2.34.